The Balaban J connectivity index is 1.72. The van der Waals surface area contributed by atoms with E-state index < -0.39 is 15.9 Å². The SMILES string of the molecule is COc1ccccc1OCCNC(=O)CN(c1ccccc1C)S(=O)(=O)c1ccc(C)cc1. The van der Waals surface area contributed by atoms with Gasteiger partial charge in [-0.05, 0) is 49.7 Å². The molecular weight excluding hydrogens is 440 g/mol. The van der Waals surface area contributed by atoms with Gasteiger partial charge in [0.25, 0.3) is 10.0 Å². The van der Waals surface area contributed by atoms with Crippen LogP contribution in [0, 0.1) is 13.8 Å². The number of nitrogens with one attached hydrogen (secondary N) is 1. The molecule has 0 heterocycles. The maximum Gasteiger partial charge on any atom is 0.264 e. The third kappa shape index (κ3) is 6.04. The second-order valence-electron chi connectivity index (χ2n) is 7.46. The van der Waals surface area contributed by atoms with Crippen LogP contribution in [-0.2, 0) is 14.8 Å². The molecule has 0 fully saturated rings. The van der Waals surface area contributed by atoms with Gasteiger partial charge in [0, 0.05) is 0 Å². The number of carbonyl (C=O) groups is 1. The van der Waals surface area contributed by atoms with Crippen molar-refractivity contribution in [3.63, 3.8) is 0 Å². The van der Waals surface area contributed by atoms with Crippen molar-refractivity contribution >= 4 is 21.6 Å². The highest BCUT2D eigenvalue weighted by atomic mass is 32.2. The molecule has 0 aromatic heterocycles. The summed E-state index contributed by atoms with van der Waals surface area (Å²) >= 11 is 0. The first kappa shape index (κ1) is 24.1. The van der Waals surface area contributed by atoms with Gasteiger partial charge >= 0.3 is 0 Å². The first-order chi connectivity index (χ1) is 15.8. The van der Waals surface area contributed by atoms with Gasteiger partial charge in [0.05, 0.1) is 24.2 Å². The lowest BCUT2D eigenvalue weighted by molar-refractivity contribution is -0.119. The Labute approximate surface area is 195 Å². The lowest BCUT2D eigenvalue weighted by Crippen LogP contribution is -2.42. The standard InChI is InChI=1S/C25H28N2O5S/c1-19-12-14-21(15-13-19)33(29,30)27(22-9-5-4-8-20(22)2)18-25(28)26-16-17-32-24-11-7-6-10-23(24)31-3/h4-15H,16-18H2,1-3H3,(H,26,28). The van der Waals surface area contributed by atoms with E-state index in [4.69, 9.17) is 9.47 Å². The summed E-state index contributed by atoms with van der Waals surface area (Å²) < 4.78 is 38.9. The van der Waals surface area contributed by atoms with E-state index in [9.17, 15) is 13.2 Å². The zero-order valence-electron chi connectivity index (χ0n) is 18.9. The van der Waals surface area contributed by atoms with Crippen LogP contribution < -0.4 is 19.1 Å². The minimum atomic E-state index is -3.95. The molecule has 0 spiro atoms. The number of benzene rings is 3. The fourth-order valence-corrected chi connectivity index (χ4v) is 4.74. The van der Waals surface area contributed by atoms with E-state index in [0.29, 0.717) is 17.2 Å². The van der Waals surface area contributed by atoms with Gasteiger partial charge in [0.15, 0.2) is 11.5 Å². The Morgan fingerprint density at radius 2 is 1.55 bits per heavy atom. The van der Waals surface area contributed by atoms with Crippen molar-refractivity contribution in [3.8, 4) is 11.5 Å². The van der Waals surface area contributed by atoms with Crippen molar-refractivity contribution in [2.24, 2.45) is 0 Å². The molecule has 0 bridgehead atoms. The normalized spacial score (nSPS) is 11.0. The largest absolute Gasteiger partial charge is 0.493 e. The van der Waals surface area contributed by atoms with Gasteiger partial charge in [0.2, 0.25) is 5.91 Å². The van der Waals surface area contributed by atoms with Crippen LogP contribution in [0.4, 0.5) is 5.69 Å². The van der Waals surface area contributed by atoms with Crippen molar-refractivity contribution in [1.82, 2.24) is 5.32 Å². The summed E-state index contributed by atoms with van der Waals surface area (Å²) in [5.74, 6) is 0.731. The summed E-state index contributed by atoms with van der Waals surface area (Å²) in [7, 11) is -2.39. The number of nitrogens with zero attached hydrogens (tertiary/aromatic N) is 1. The smallest absolute Gasteiger partial charge is 0.264 e. The van der Waals surface area contributed by atoms with Crippen LogP contribution in [0.3, 0.4) is 0 Å². The topological polar surface area (TPSA) is 84.9 Å². The highest BCUT2D eigenvalue weighted by Crippen LogP contribution is 2.27. The third-order valence-electron chi connectivity index (χ3n) is 5.03. The number of methoxy groups -OCH3 is 1. The Morgan fingerprint density at radius 1 is 0.909 bits per heavy atom. The van der Waals surface area contributed by atoms with Crippen LogP contribution in [-0.4, -0.2) is 41.1 Å². The summed E-state index contributed by atoms with van der Waals surface area (Å²) in [5, 5.41) is 2.73. The second-order valence-corrected chi connectivity index (χ2v) is 9.32. The molecule has 1 amide bonds. The van der Waals surface area contributed by atoms with Gasteiger partial charge in [-0.1, -0.05) is 48.0 Å². The fraction of sp³-hybridized carbons (Fsp3) is 0.240. The van der Waals surface area contributed by atoms with Gasteiger partial charge in [-0.25, -0.2) is 8.42 Å². The minimum absolute atomic E-state index is 0.128. The van der Waals surface area contributed by atoms with Crippen molar-refractivity contribution in [1.29, 1.82) is 0 Å². The highest BCUT2D eigenvalue weighted by molar-refractivity contribution is 7.92. The van der Waals surface area contributed by atoms with Crippen LogP contribution in [0.5, 0.6) is 11.5 Å². The summed E-state index contributed by atoms with van der Waals surface area (Å²) in [6.07, 6.45) is 0. The van der Waals surface area contributed by atoms with E-state index in [1.54, 1.807) is 55.6 Å². The number of anilines is 1. The minimum Gasteiger partial charge on any atom is -0.493 e. The predicted molar refractivity (Wildman–Crippen MR) is 128 cm³/mol. The number of sulfonamides is 1. The summed E-state index contributed by atoms with van der Waals surface area (Å²) in [5.41, 5.74) is 2.16. The third-order valence-corrected chi connectivity index (χ3v) is 6.81. The van der Waals surface area contributed by atoms with E-state index in [2.05, 4.69) is 5.32 Å². The van der Waals surface area contributed by atoms with Crippen molar-refractivity contribution < 1.29 is 22.7 Å². The highest BCUT2D eigenvalue weighted by Gasteiger charge is 2.28. The number of amides is 1. The van der Waals surface area contributed by atoms with Crippen LogP contribution >= 0.6 is 0 Å². The molecule has 0 unspecified atom stereocenters. The number of para-hydroxylation sites is 3. The van der Waals surface area contributed by atoms with Crippen LogP contribution in [0.15, 0.2) is 77.7 Å². The van der Waals surface area contributed by atoms with E-state index >= 15 is 0 Å². The van der Waals surface area contributed by atoms with Gasteiger partial charge in [-0.2, -0.15) is 0 Å². The summed E-state index contributed by atoms with van der Waals surface area (Å²) in [6.45, 7) is 3.77. The quantitative estimate of drug-likeness (QED) is 0.459. The zero-order valence-corrected chi connectivity index (χ0v) is 19.8. The second kappa shape index (κ2) is 10.9. The lowest BCUT2D eigenvalue weighted by Gasteiger charge is -2.25. The number of ether oxygens (including phenoxy) is 2. The van der Waals surface area contributed by atoms with Crippen molar-refractivity contribution in [3.05, 3.63) is 83.9 Å². The zero-order chi connectivity index (χ0) is 23.8. The van der Waals surface area contributed by atoms with E-state index in [0.717, 1.165) is 15.4 Å². The fourth-order valence-electron chi connectivity index (χ4n) is 3.26. The van der Waals surface area contributed by atoms with E-state index in [1.165, 1.54) is 0 Å². The van der Waals surface area contributed by atoms with E-state index in [-0.39, 0.29) is 24.6 Å². The maximum absolute atomic E-state index is 13.4. The van der Waals surface area contributed by atoms with Crippen molar-refractivity contribution in [2.75, 3.05) is 31.1 Å². The van der Waals surface area contributed by atoms with Crippen molar-refractivity contribution in [2.45, 2.75) is 18.7 Å². The molecule has 3 rings (SSSR count). The molecule has 33 heavy (non-hydrogen) atoms. The lowest BCUT2D eigenvalue weighted by atomic mass is 10.2. The average molecular weight is 469 g/mol. The molecule has 174 valence electrons. The molecule has 1 N–H and O–H groups in total. The average Bonchev–Trinajstić information content (AvgIpc) is 2.81. The molecule has 0 atom stereocenters. The van der Waals surface area contributed by atoms with E-state index in [1.807, 2.05) is 38.1 Å². The van der Waals surface area contributed by atoms with Gasteiger partial charge < -0.3 is 14.8 Å². The molecular formula is C25H28N2O5S. The number of hydrogen-bond acceptors (Lipinski definition) is 5. The first-order valence-corrected chi connectivity index (χ1v) is 11.9. The Morgan fingerprint density at radius 3 is 2.21 bits per heavy atom. The first-order valence-electron chi connectivity index (χ1n) is 10.5. The molecule has 3 aromatic rings. The number of rotatable bonds is 10. The maximum atomic E-state index is 13.4. The number of aryl methyl sites for hydroxylation is 2. The Hall–Kier alpha value is -3.52. The van der Waals surface area contributed by atoms with Crippen LogP contribution in [0.1, 0.15) is 11.1 Å². The summed E-state index contributed by atoms with van der Waals surface area (Å²) in [4.78, 5) is 12.8. The molecule has 0 aliphatic heterocycles. The predicted octanol–water partition coefficient (Wildman–Crippen LogP) is 3.70. The van der Waals surface area contributed by atoms with Crippen LogP contribution in [0.2, 0.25) is 0 Å². The molecule has 0 aliphatic rings. The van der Waals surface area contributed by atoms with Gasteiger partial charge in [0.1, 0.15) is 13.2 Å². The monoisotopic (exact) mass is 468 g/mol. The van der Waals surface area contributed by atoms with Crippen LogP contribution in [0.25, 0.3) is 0 Å². The molecule has 7 nitrogen and oxygen atoms in total. The summed E-state index contributed by atoms with van der Waals surface area (Å²) in [6, 6.07) is 20.9. The Kier molecular flexibility index (Phi) is 7.95. The molecule has 0 saturated heterocycles. The molecule has 0 radical (unpaired) electrons. The number of carbonyl (C=O) groups excluding carboxylic acids is 1. The Bertz CT molecular complexity index is 1190. The molecule has 8 heteroatoms. The van der Waals surface area contributed by atoms with Gasteiger partial charge in [-0.15, -0.1) is 0 Å². The molecule has 0 aliphatic carbocycles. The molecule has 0 saturated carbocycles. The van der Waals surface area contributed by atoms with Gasteiger partial charge in [-0.3, -0.25) is 9.10 Å². The molecule has 3 aromatic carbocycles. The number of hydrogen-bond donors (Lipinski definition) is 1.